The minimum Gasteiger partial charge on any atom is -0.674 e. The smallest absolute Gasteiger partial charge is 0.479 e. The topological polar surface area (TPSA) is 117 Å². The first-order valence-electron chi connectivity index (χ1n) is 5.73. The van der Waals surface area contributed by atoms with Crippen molar-refractivity contribution in [2.45, 2.75) is 20.4 Å². The molecule has 0 fully saturated rings. The Kier molecular flexibility index (Phi) is 9.03. The molecule has 0 aromatic heterocycles. The van der Waals surface area contributed by atoms with Crippen LogP contribution in [0.3, 0.4) is 0 Å². The Bertz CT molecular complexity index is 402. The summed E-state index contributed by atoms with van der Waals surface area (Å²) in [6, 6.07) is 4.66. The normalized spacial score (nSPS) is 10.9. The van der Waals surface area contributed by atoms with E-state index >= 15 is 0 Å². The van der Waals surface area contributed by atoms with Gasteiger partial charge in [-0.15, -0.1) is 0 Å². The molecular weight excluding hydrogens is 273 g/mol. The number of aromatic hydroxyl groups is 2. The van der Waals surface area contributed by atoms with E-state index < -0.39 is 8.25 Å². The van der Waals surface area contributed by atoms with Crippen molar-refractivity contribution < 1.29 is 35.9 Å². The van der Waals surface area contributed by atoms with Gasteiger partial charge in [0.15, 0.2) is 0 Å². The number of nitrogens with one attached hydrogen (secondary N) is 1. The zero-order valence-electron chi connectivity index (χ0n) is 10.8. The van der Waals surface area contributed by atoms with Gasteiger partial charge in [-0.05, 0) is 36.6 Å². The lowest BCUT2D eigenvalue weighted by atomic mass is 10.2. The Morgan fingerprint density at radius 1 is 1.37 bits per heavy atom. The molecule has 1 aromatic carbocycles. The summed E-state index contributed by atoms with van der Waals surface area (Å²) in [6.07, 6.45) is 0. The molecule has 0 spiro atoms. The maximum atomic E-state index is 9.55. The zero-order valence-corrected chi connectivity index (χ0v) is 11.7. The molecule has 0 bridgehead atoms. The van der Waals surface area contributed by atoms with Crippen LogP contribution in [0.15, 0.2) is 18.2 Å². The van der Waals surface area contributed by atoms with E-state index in [0.29, 0.717) is 0 Å². The van der Waals surface area contributed by atoms with Crippen LogP contribution < -0.4 is 15.1 Å². The predicted molar refractivity (Wildman–Crippen MR) is 66.3 cm³/mol. The molecule has 1 rings (SSSR count). The van der Waals surface area contributed by atoms with E-state index in [1.807, 2.05) is 0 Å². The first-order chi connectivity index (χ1) is 8.94. The molecule has 0 aliphatic rings. The van der Waals surface area contributed by atoms with Gasteiger partial charge in [0.1, 0.15) is 18.0 Å². The molecule has 1 unspecified atom stereocenters. The lowest BCUT2D eigenvalue weighted by Crippen LogP contribution is -3.10. The second-order valence-corrected chi connectivity index (χ2v) is 4.34. The lowest BCUT2D eigenvalue weighted by molar-refractivity contribution is -0.910. The number of rotatable bonds is 5. The Hall–Kier alpha value is -1.24. The highest BCUT2D eigenvalue weighted by Crippen LogP contribution is 2.20. The van der Waals surface area contributed by atoms with Crippen LogP contribution in [0.4, 0.5) is 0 Å². The van der Waals surface area contributed by atoms with Gasteiger partial charge >= 0.3 is 8.25 Å². The van der Waals surface area contributed by atoms with Gasteiger partial charge in [0.2, 0.25) is 0 Å². The Morgan fingerprint density at radius 2 is 1.89 bits per heavy atom. The van der Waals surface area contributed by atoms with Crippen molar-refractivity contribution in [2.75, 3.05) is 13.1 Å². The summed E-state index contributed by atoms with van der Waals surface area (Å²) in [5.74, 6) is 0.478. The zero-order chi connectivity index (χ0) is 14.8. The van der Waals surface area contributed by atoms with Gasteiger partial charge in [0, 0.05) is 1.43 Å². The van der Waals surface area contributed by atoms with Crippen LogP contribution >= 0.6 is 8.25 Å². The van der Waals surface area contributed by atoms with Crippen molar-refractivity contribution in [3.63, 3.8) is 0 Å². The van der Waals surface area contributed by atoms with Crippen LogP contribution in [0.2, 0.25) is 0 Å². The van der Waals surface area contributed by atoms with Crippen LogP contribution in [0.25, 0.3) is 0 Å². The maximum absolute atomic E-state index is 9.55. The molecule has 0 amide bonds. The number of hydrogen-bond acceptors (Lipinski definition) is 6. The van der Waals surface area contributed by atoms with Crippen LogP contribution in [0.1, 0.15) is 20.8 Å². The molecule has 0 heterocycles. The average molecular weight is 293 g/mol. The third-order valence-corrected chi connectivity index (χ3v) is 2.69. The molecule has 19 heavy (non-hydrogen) atoms. The van der Waals surface area contributed by atoms with Gasteiger partial charge in [-0.25, -0.2) is 4.67 Å². The second kappa shape index (κ2) is 9.66. The van der Waals surface area contributed by atoms with Gasteiger partial charge < -0.3 is 25.3 Å². The summed E-state index contributed by atoms with van der Waals surface area (Å²) in [7, 11) is -3.15. The third-order valence-electron chi connectivity index (χ3n) is 2.56. The summed E-state index contributed by atoms with van der Waals surface area (Å²) in [5.41, 5.74) is 0.809. The van der Waals surface area contributed by atoms with E-state index in [4.69, 9.17) is 14.7 Å². The molecule has 0 aliphatic carbocycles. The maximum Gasteiger partial charge on any atom is 0.479 e. The summed E-state index contributed by atoms with van der Waals surface area (Å²) < 4.78 is 11.3. The van der Waals surface area contributed by atoms with E-state index in [2.05, 4.69) is 18.5 Å². The number of quaternary nitrogens is 1. The summed E-state index contributed by atoms with van der Waals surface area (Å²) in [5, 5.41) is 27.4. The van der Waals surface area contributed by atoms with Crippen molar-refractivity contribution in [1.29, 1.82) is 0 Å². The number of phenolic OH excluding ortho intramolecular Hbond substituents is 2. The van der Waals surface area contributed by atoms with E-state index in [0.717, 1.165) is 25.2 Å². The quantitative estimate of drug-likeness (QED) is 0.279. The van der Waals surface area contributed by atoms with Crippen molar-refractivity contribution >= 4 is 8.25 Å². The second-order valence-electron chi connectivity index (χ2n) is 3.75. The van der Waals surface area contributed by atoms with Gasteiger partial charge in [0.05, 0.1) is 18.7 Å². The van der Waals surface area contributed by atoms with Gasteiger partial charge in [-0.3, -0.25) is 0 Å². The molecule has 0 radical (unpaired) electrons. The lowest BCUT2D eigenvalue weighted by Gasteiger charge is -2.16. The van der Waals surface area contributed by atoms with E-state index in [1.165, 1.54) is 17.0 Å². The number of hydrogen-bond donors (Lipinski definition) is 3. The highest BCUT2D eigenvalue weighted by Gasteiger charge is 2.09. The summed E-state index contributed by atoms with van der Waals surface area (Å²) >= 11 is 0. The van der Waals surface area contributed by atoms with Gasteiger partial charge in [0.25, 0.3) is 0 Å². The minimum atomic E-state index is -3.15. The van der Waals surface area contributed by atoms with E-state index in [-0.39, 0.29) is 12.9 Å². The van der Waals surface area contributed by atoms with Crippen molar-refractivity contribution in [2.24, 2.45) is 0 Å². The Morgan fingerprint density at radius 3 is 2.32 bits per heavy atom. The number of phenols is 2. The monoisotopic (exact) mass is 293 g/mol. The van der Waals surface area contributed by atoms with Gasteiger partial charge in [-0.1, -0.05) is 0 Å². The molecule has 8 heteroatoms. The van der Waals surface area contributed by atoms with Crippen LogP contribution in [-0.2, 0) is 15.8 Å². The molecule has 0 saturated heterocycles. The molecule has 7 nitrogen and oxygen atoms in total. The highest BCUT2D eigenvalue weighted by atomic mass is 31.1. The van der Waals surface area contributed by atoms with Gasteiger partial charge in [-0.2, -0.15) is 0 Å². The molecule has 1 aromatic rings. The number of benzene rings is 1. The molecule has 0 saturated carbocycles. The van der Waals surface area contributed by atoms with Crippen molar-refractivity contribution in [1.82, 2.24) is 0 Å². The predicted octanol–water partition coefficient (Wildman–Crippen LogP) is -0.935. The largest absolute Gasteiger partial charge is 0.674 e. The Labute approximate surface area is 114 Å². The van der Waals surface area contributed by atoms with Crippen LogP contribution in [-0.4, -0.2) is 23.3 Å². The van der Waals surface area contributed by atoms with Crippen LogP contribution in [0, 0.1) is 0 Å². The molecule has 3 N–H and O–H groups in total. The fourth-order valence-electron chi connectivity index (χ4n) is 1.48. The third kappa shape index (κ3) is 7.71. The molecule has 0 aliphatic heterocycles. The van der Waals surface area contributed by atoms with Crippen LogP contribution in [0.5, 0.6) is 11.5 Å². The molecule has 110 valence electrons. The first kappa shape index (κ1) is 17.8. The van der Waals surface area contributed by atoms with Crippen molar-refractivity contribution in [3.05, 3.63) is 23.8 Å². The summed E-state index contributed by atoms with van der Waals surface area (Å²) in [4.78, 5) is 10.3. The minimum absolute atomic E-state index is 0. The summed E-state index contributed by atoms with van der Waals surface area (Å²) in [6.45, 7) is 7.02. The standard InChI is InChI=1S/C11H17NO2.HO4P.H2/c1-3-12(4-2)8-9-7-10(13)5-6-11(9)14;1-4-5(2)3;/h5-7,13-14H,3-4,8H2,1-2H3;1H;1H. The van der Waals surface area contributed by atoms with E-state index in [1.54, 1.807) is 6.07 Å². The highest BCUT2D eigenvalue weighted by molar-refractivity contribution is 7.30. The molecular formula is C11H20NO6P. The fourth-order valence-corrected chi connectivity index (χ4v) is 1.48. The fraction of sp³-hybridized carbons (Fsp3) is 0.455. The molecule has 1 atom stereocenters. The van der Waals surface area contributed by atoms with E-state index in [9.17, 15) is 10.2 Å². The first-order valence-corrected chi connectivity index (χ1v) is 6.82. The SMILES string of the molecule is CC[NH+](CC)Cc1cc(O)ccc1O.O=[P+]([O-])O[O-].[HH]. The Balaban J connectivity index is 0. The van der Waals surface area contributed by atoms with Crippen molar-refractivity contribution in [3.8, 4) is 11.5 Å². The average Bonchev–Trinajstić information content (AvgIpc) is 2.40.